The number of imidazole rings is 1. The summed E-state index contributed by atoms with van der Waals surface area (Å²) in [6, 6.07) is 8.99. The Morgan fingerprint density at radius 3 is 2.78 bits per heavy atom. The van der Waals surface area contributed by atoms with Crippen LogP contribution in [0.1, 0.15) is 24.0 Å². The Morgan fingerprint density at radius 1 is 1.19 bits per heavy atom. The third kappa shape index (κ3) is 5.14. The molecule has 9 nitrogen and oxygen atoms in total. The van der Waals surface area contributed by atoms with Crippen molar-refractivity contribution in [3.8, 4) is 0 Å². The maximum Gasteiger partial charge on any atom is 0.437 e. The average Bonchev–Trinajstić information content (AvgIpc) is 3.25. The lowest BCUT2D eigenvalue weighted by molar-refractivity contribution is 0.0249. The lowest BCUT2D eigenvalue weighted by Gasteiger charge is -2.34. The van der Waals surface area contributed by atoms with Crippen LogP contribution >= 0.6 is 0 Å². The fourth-order valence-electron chi connectivity index (χ4n) is 3.73. The highest BCUT2D eigenvalue weighted by Gasteiger charge is 2.23. The van der Waals surface area contributed by atoms with Crippen LogP contribution in [0.4, 0.5) is 14.9 Å². The molecule has 3 aromatic rings. The standard InChI is InChI=1S/C22H25FN6O3/c23-20-16(14-32-22(30)27-21(24)25)2-1-3-18(20)28-9-6-17(7-10-28)31-13-15-4-5-19-26-8-11-29(19)12-15/h1-5,8,11-12,17H,6-7,9-10,13-14H2,(H4,24,25,27,30). The zero-order valence-electron chi connectivity index (χ0n) is 17.5. The highest BCUT2D eigenvalue weighted by Crippen LogP contribution is 2.27. The first kappa shape index (κ1) is 21.6. The number of rotatable bonds is 6. The molecule has 0 radical (unpaired) electrons. The zero-order chi connectivity index (χ0) is 22.5. The minimum Gasteiger partial charge on any atom is -0.443 e. The Bertz CT molecular complexity index is 1120. The predicted octanol–water partition coefficient (Wildman–Crippen LogP) is 2.57. The Hall–Kier alpha value is -3.66. The van der Waals surface area contributed by atoms with Crippen molar-refractivity contribution in [2.24, 2.45) is 16.5 Å². The molecule has 1 fully saturated rings. The molecule has 1 amide bonds. The third-order valence-electron chi connectivity index (χ3n) is 5.35. The summed E-state index contributed by atoms with van der Waals surface area (Å²) in [5.41, 5.74) is 13.0. The molecule has 4 N–H and O–H groups in total. The molecule has 1 aromatic carbocycles. The molecule has 0 aliphatic carbocycles. The van der Waals surface area contributed by atoms with Crippen molar-refractivity contribution in [3.63, 3.8) is 0 Å². The number of hydrogen-bond donors (Lipinski definition) is 2. The molecule has 2 aromatic heterocycles. The van der Waals surface area contributed by atoms with E-state index in [1.807, 2.05) is 33.8 Å². The molecule has 10 heteroatoms. The lowest BCUT2D eigenvalue weighted by atomic mass is 10.1. The van der Waals surface area contributed by atoms with Crippen LogP contribution in [-0.4, -0.2) is 40.6 Å². The summed E-state index contributed by atoms with van der Waals surface area (Å²) in [7, 11) is 0. The number of benzene rings is 1. The number of carbonyl (C=O) groups is 1. The van der Waals surface area contributed by atoms with E-state index in [4.69, 9.17) is 20.9 Å². The van der Waals surface area contributed by atoms with Gasteiger partial charge in [-0.3, -0.25) is 0 Å². The Labute approximate surface area is 184 Å². The van der Waals surface area contributed by atoms with Crippen molar-refractivity contribution in [1.29, 1.82) is 0 Å². The zero-order valence-corrected chi connectivity index (χ0v) is 17.5. The summed E-state index contributed by atoms with van der Waals surface area (Å²) >= 11 is 0. The number of amides is 1. The molecular formula is C22H25FN6O3. The van der Waals surface area contributed by atoms with Gasteiger partial charge in [0.15, 0.2) is 11.8 Å². The van der Waals surface area contributed by atoms with Crippen molar-refractivity contribution in [1.82, 2.24) is 9.38 Å². The van der Waals surface area contributed by atoms with Gasteiger partial charge >= 0.3 is 6.09 Å². The second-order valence-electron chi connectivity index (χ2n) is 7.57. The molecule has 1 aliphatic rings. The number of ether oxygens (including phenoxy) is 2. The van der Waals surface area contributed by atoms with Crippen molar-refractivity contribution in [2.75, 3.05) is 18.0 Å². The lowest BCUT2D eigenvalue weighted by Crippen LogP contribution is -2.37. The Morgan fingerprint density at radius 2 is 2.00 bits per heavy atom. The summed E-state index contributed by atoms with van der Waals surface area (Å²) in [6.45, 7) is 1.60. The number of carbonyl (C=O) groups excluding carboxylic acids is 1. The monoisotopic (exact) mass is 440 g/mol. The molecular weight excluding hydrogens is 415 g/mol. The van der Waals surface area contributed by atoms with Gasteiger partial charge in [-0.05, 0) is 30.5 Å². The summed E-state index contributed by atoms with van der Waals surface area (Å²) in [5.74, 6) is -0.824. The second-order valence-corrected chi connectivity index (χ2v) is 7.57. The van der Waals surface area contributed by atoms with E-state index in [0.29, 0.717) is 25.4 Å². The van der Waals surface area contributed by atoms with Gasteiger partial charge in [0, 0.05) is 37.2 Å². The second kappa shape index (κ2) is 9.65. The van der Waals surface area contributed by atoms with Crippen LogP contribution < -0.4 is 16.4 Å². The van der Waals surface area contributed by atoms with E-state index < -0.39 is 17.9 Å². The fraction of sp³-hybridized carbons (Fsp3) is 0.318. The normalized spacial score (nSPS) is 14.5. The van der Waals surface area contributed by atoms with Crippen molar-refractivity contribution in [3.05, 3.63) is 65.9 Å². The van der Waals surface area contributed by atoms with E-state index >= 15 is 0 Å². The fourth-order valence-corrected chi connectivity index (χ4v) is 3.73. The van der Waals surface area contributed by atoms with Crippen LogP contribution in [0.3, 0.4) is 0 Å². The van der Waals surface area contributed by atoms with E-state index in [9.17, 15) is 9.18 Å². The molecule has 1 aliphatic heterocycles. The summed E-state index contributed by atoms with van der Waals surface area (Å²) in [4.78, 5) is 20.9. The van der Waals surface area contributed by atoms with Crippen LogP contribution in [0.25, 0.3) is 5.65 Å². The Kier molecular flexibility index (Phi) is 6.50. The summed E-state index contributed by atoms with van der Waals surface area (Å²) < 4.78 is 27.9. The summed E-state index contributed by atoms with van der Waals surface area (Å²) in [5, 5.41) is 0. The number of nitrogens with zero attached hydrogens (tertiary/aromatic N) is 4. The van der Waals surface area contributed by atoms with E-state index in [0.717, 1.165) is 24.1 Å². The van der Waals surface area contributed by atoms with Gasteiger partial charge in [-0.25, -0.2) is 14.2 Å². The molecule has 168 valence electrons. The van der Waals surface area contributed by atoms with Gasteiger partial charge in [-0.2, -0.15) is 0 Å². The van der Waals surface area contributed by atoms with E-state index in [1.165, 1.54) is 0 Å². The molecule has 32 heavy (non-hydrogen) atoms. The number of guanidine groups is 1. The van der Waals surface area contributed by atoms with Gasteiger partial charge in [0.05, 0.1) is 18.4 Å². The summed E-state index contributed by atoms with van der Waals surface area (Å²) in [6.07, 6.45) is 6.40. The van der Waals surface area contributed by atoms with Crippen molar-refractivity contribution >= 4 is 23.4 Å². The van der Waals surface area contributed by atoms with Crippen LogP contribution in [0.2, 0.25) is 0 Å². The SMILES string of the molecule is NC(N)=NC(=O)OCc1cccc(N2CCC(OCc3ccc4nccn4c3)CC2)c1F. The molecule has 1 saturated heterocycles. The number of pyridine rings is 1. The maximum absolute atomic E-state index is 15.0. The molecule has 3 heterocycles. The number of aromatic nitrogens is 2. The quantitative estimate of drug-likeness (QED) is 0.446. The van der Waals surface area contributed by atoms with Gasteiger partial charge in [-0.15, -0.1) is 4.99 Å². The van der Waals surface area contributed by atoms with Crippen LogP contribution in [0.15, 0.2) is 53.9 Å². The first-order valence-electron chi connectivity index (χ1n) is 10.3. The highest BCUT2D eigenvalue weighted by atomic mass is 19.1. The number of hydrogen-bond acceptors (Lipinski definition) is 5. The highest BCUT2D eigenvalue weighted by molar-refractivity contribution is 5.87. The first-order valence-corrected chi connectivity index (χ1v) is 10.3. The van der Waals surface area contributed by atoms with Gasteiger partial charge < -0.3 is 30.2 Å². The minimum atomic E-state index is -0.958. The number of halogens is 1. The van der Waals surface area contributed by atoms with Crippen molar-refractivity contribution < 1.29 is 18.7 Å². The largest absolute Gasteiger partial charge is 0.443 e. The Balaban J connectivity index is 1.30. The number of piperidine rings is 1. The predicted molar refractivity (Wildman–Crippen MR) is 118 cm³/mol. The molecule has 0 spiro atoms. The van der Waals surface area contributed by atoms with E-state index in [-0.39, 0.29) is 18.3 Å². The maximum atomic E-state index is 15.0. The first-order chi connectivity index (χ1) is 15.5. The van der Waals surface area contributed by atoms with Gasteiger partial charge in [-0.1, -0.05) is 18.2 Å². The molecule has 0 saturated carbocycles. The molecule has 0 bridgehead atoms. The van der Waals surface area contributed by atoms with Gasteiger partial charge in [0.1, 0.15) is 12.3 Å². The smallest absolute Gasteiger partial charge is 0.437 e. The van der Waals surface area contributed by atoms with E-state index in [2.05, 4.69) is 9.98 Å². The van der Waals surface area contributed by atoms with Crippen LogP contribution in [0, 0.1) is 5.82 Å². The van der Waals surface area contributed by atoms with Gasteiger partial charge in [0.2, 0.25) is 0 Å². The van der Waals surface area contributed by atoms with Crippen LogP contribution in [0.5, 0.6) is 0 Å². The average molecular weight is 440 g/mol. The third-order valence-corrected chi connectivity index (χ3v) is 5.35. The van der Waals surface area contributed by atoms with Crippen molar-refractivity contribution in [2.45, 2.75) is 32.2 Å². The molecule has 0 atom stereocenters. The number of aliphatic imine (C=N–C) groups is 1. The number of anilines is 1. The van der Waals surface area contributed by atoms with Gasteiger partial charge in [0.25, 0.3) is 0 Å². The molecule has 0 unspecified atom stereocenters. The van der Waals surface area contributed by atoms with Crippen LogP contribution in [-0.2, 0) is 22.7 Å². The topological polar surface area (TPSA) is 120 Å². The number of nitrogens with two attached hydrogens (primary N) is 2. The minimum absolute atomic E-state index is 0.108. The van der Waals surface area contributed by atoms with E-state index in [1.54, 1.807) is 24.4 Å². The molecule has 4 rings (SSSR count). The number of fused-ring (bicyclic) bond motifs is 1.